The number of hydrogen-bond acceptors (Lipinski definition) is 1. The highest BCUT2D eigenvalue weighted by Crippen LogP contribution is 2.29. The largest absolute Gasteiger partial charge is 0.299 e. The van der Waals surface area contributed by atoms with Crippen LogP contribution in [0.2, 0.25) is 0 Å². The van der Waals surface area contributed by atoms with Crippen molar-refractivity contribution in [2.75, 3.05) is 0 Å². The fourth-order valence-corrected chi connectivity index (χ4v) is 2.46. The molecule has 1 saturated carbocycles. The summed E-state index contributed by atoms with van der Waals surface area (Å²) in [7, 11) is 0. The van der Waals surface area contributed by atoms with E-state index in [1.165, 1.54) is 32.1 Å². The number of carbonyl (C=O) groups excluding carboxylic acids is 1. The summed E-state index contributed by atoms with van der Waals surface area (Å²) in [6.07, 6.45) is 9.98. The molecule has 0 N–H and O–H groups in total. The second kappa shape index (κ2) is 6.21. The van der Waals surface area contributed by atoms with E-state index >= 15 is 0 Å². The van der Waals surface area contributed by atoms with Gasteiger partial charge in [0.2, 0.25) is 0 Å². The Kier molecular flexibility index (Phi) is 5.21. The predicted molar refractivity (Wildman–Crippen MR) is 60.3 cm³/mol. The normalized spacial score (nSPS) is 28.0. The molecule has 0 bridgehead atoms. The number of hydrogen-bond donors (Lipinski definition) is 0. The molecule has 1 aliphatic rings. The van der Waals surface area contributed by atoms with Gasteiger partial charge in [0.25, 0.3) is 0 Å². The molecule has 1 aliphatic carbocycles. The topological polar surface area (TPSA) is 17.1 Å². The summed E-state index contributed by atoms with van der Waals surface area (Å²) in [5.41, 5.74) is 0. The van der Waals surface area contributed by atoms with Crippen LogP contribution in [0.25, 0.3) is 0 Å². The molecule has 0 spiro atoms. The Morgan fingerprint density at radius 2 is 2.07 bits per heavy atom. The van der Waals surface area contributed by atoms with Crippen LogP contribution in [0.15, 0.2) is 0 Å². The highest BCUT2D eigenvalue weighted by atomic mass is 16.1. The van der Waals surface area contributed by atoms with Gasteiger partial charge in [0.05, 0.1) is 0 Å². The maximum absolute atomic E-state index is 11.3. The van der Waals surface area contributed by atoms with Crippen LogP contribution in [0.5, 0.6) is 0 Å². The van der Waals surface area contributed by atoms with Crippen molar-refractivity contribution in [1.82, 2.24) is 0 Å². The first kappa shape index (κ1) is 11.7. The second-order valence-corrected chi connectivity index (χ2v) is 4.86. The molecule has 0 saturated heterocycles. The van der Waals surface area contributed by atoms with E-state index in [1.807, 2.05) is 0 Å². The van der Waals surface area contributed by atoms with Crippen molar-refractivity contribution < 1.29 is 4.79 Å². The quantitative estimate of drug-likeness (QED) is 0.608. The first-order valence-corrected chi connectivity index (χ1v) is 6.26. The summed E-state index contributed by atoms with van der Waals surface area (Å²) >= 11 is 0. The monoisotopic (exact) mass is 196 g/mol. The fraction of sp³-hybridized carbons (Fsp3) is 0.923. The van der Waals surface area contributed by atoms with Crippen molar-refractivity contribution in [3.8, 4) is 0 Å². The van der Waals surface area contributed by atoms with E-state index in [0.717, 1.165) is 25.2 Å². The molecular formula is C13H24O. The first-order chi connectivity index (χ1) is 6.74. The molecule has 0 aliphatic heterocycles. The van der Waals surface area contributed by atoms with E-state index < -0.39 is 0 Å². The van der Waals surface area contributed by atoms with Crippen LogP contribution in [0.1, 0.15) is 65.2 Å². The number of unbranched alkanes of at least 4 members (excludes halogenated alkanes) is 3. The lowest BCUT2D eigenvalue weighted by Crippen LogP contribution is -2.22. The van der Waals surface area contributed by atoms with E-state index in [4.69, 9.17) is 0 Å². The molecule has 1 heteroatoms. The van der Waals surface area contributed by atoms with Gasteiger partial charge in [-0.1, -0.05) is 46.0 Å². The minimum absolute atomic E-state index is 0.347. The minimum atomic E-state index is 0.347. The molecule has 1 fully saturated rings. The molecule has 0 amide bonds. The van der Waals surface area contributed by atoms with E-state index in [0.29, 0.717) is 11.7 Å². The summed E-state index contributed by atoms with van der Waals surface area (Å²) in [5.74, 6) is 1.69. The van der Waals surface area contributed by atoms with Crippen molar-refractivity contribution in [2.24, 2.45) is 11.8 Å². The standard InChI is InChI=1S/C13H24O/c1-3-4-5-6-7-12-8-9-13(14)11(2)10-12/h11-12H,3-10H2,1-2H3. The summed E-state index contributed by atoms with van der Waals surface area (Å²) < 4.78 is 0. The Morgan fingerprint density at radius 3 is 2.71 bits per heavy atom. The lowest BCUT2D eigenvalue weighted by atomic mass is 9.79. The van der Waals surface area contributed by atoms with Crippen LogP contribution in [0.3, 0.4) is 0 Å². The molecule has 82 valence electrons. The van der Waals surface area contributed by atoms with Crippen molar-refractivity contribution in [2.45, 2.75) is 65.2 Å². The van der Waals surface area contributed by atoms with E-state index in [-0.39, 0.29) is 0 Å². The second-order valence-electron chi connectivity index (χ2n) is 4.86. The third-order valence-corrected chi connectivity index (χ3v) is 3.50. The maximum atomic E-state index is 11.3. The van der Waals surface area contributed by atoms with Crippen LogP contribution in [-0.4, -0.2) is 5.78 Å². The number of rotatable bonds is 5. The van der Waals surface area contributed by atoms with Crippen molar-refractivity contribution in [3.05, 3.63) is 0 Å². The van der Waals surface area contributed by atoms with Crippen molar-refractivity contribution in [3.63, 3.8) is 0 Å². The molecule has 14 heavy (non-hydrogen) atoms. The highest BCUT2D eigenvalue weighted by molar-refractivity contribution is 5.81. The summed E-state index contributed by atoms with van der Waals surface area (Å²) in [6, 6.07) is 0. The van der Waals surface area contributed by atoms with Gasteiger partial charge in [-0.25, -0.2) is 0 Å². The summed E-state index contributed by atoms with van der Waals surface area (Å²) in [5, 5.41) is 0. The zero-order valence-electron chi connectivity index (χ0n) is 9.72. The Hall–Kier alpha value is -0.330. The van der Waals surface area contributed by atoms with Crippen LogP contribution < -0.4 is 0 Å². The molecular weight excluding hydrogens is 172 g/mol. The minimum Gasteiger partial charge on any atom is -0.299 e. The van der Waals surface area contributed by atoms with Gasteiger partial charge in [-0.05, 0) is 18.8 Å². The van der Waals surface area contributed by atoms with Gasteiger partial charge in [-0.2, -0.15) is 0 Å². The Labute approximate surface area is 88.3 Å². The van der Waals surface area contributed by atoms with E-state index in [2.05, 4.69) is 13.8 Å². The molecule has 0 heterocycles. The fourth-order valence-electron chi connectivity index (χ4n) is 2.46. The van der Waals surface area contributed by atoms with Gasteiger partial charge in [0, 0.05) is 12.3 Å². The molecule has 1 rings (SSSR count). The smallest absolute Gasteiger partial charge is 0.135 e. The Balaban J connectivity index is 2.10. The zero-order chi connectivity index (χ0) is 10.4. The molecule has 0 aromatic rings. The number of carbonyl (C=O) groups is 1. The lowest BCUT2D eigenvalue weighted by molar-refractivity contribution is -0.125. The van der Waals surface area contributed by atoms with Crippen LogP contribution in [0.4, 0.5) is 0 Å². The van der Waals surface area contributed by atoms with Crippen molar-refractivity contribution in [1.29, 1.82) is 0 Å². The number of Topliss-reactive ketones (excluding diaryl/α,β-unsaturated/α-hetero) is 1. The van der Waals surface area contributed by atoms with Gasteiger partial charge < -0.3 is 0 Å². The van der Waals surface area contributed by atoms with Crippen LogP contribution >= 0.6 is 0 Å². The van der Waals surface area contributed by atoms with Gasteiger partial charge in [-0.15, -0.1) is 0 Å². The summed E-state index contributed by atoms with van der Waals surface area (Å²) in [4.78, 5) is 11.3. The highest BCUT2D eigenvalue weighted by Gasteiger charge is 2.24. The third-order valence-electron chi connectivity index (χ3n) is 3.50. The van der Waals surface area contributed by atoms with Crippen LogP contribution in [-0.2, 0) is 4.79 Å². The molecule has 2 unspecified atom stereocenters. The molecule has 0 radical (unpaired) electrons. The lowest BCUT2D eigenvalue weighted by Gasteiger charge is -2.25. The molecule has 0 aromatic heterocycles. The van der Waals surface area contributed by atoms with Gasteiger partial charge in [-0.3, -0.25) is 4.79 Å². The molecule has 2 atom stereocenters. The zero-order valence-corrected chi connectivity index (χ0v) is 9.72. The Bertz CT molecular complexity index is 174. The van der Waals surface area contributed by atoms with Gasteiger partial charge in [0.15, 0.2) is 0 Å². The number of ketones is 1. The maximum Gasteiger partial charge on any atom is 0.135 e. The third kappa shape index (κ3) is 3.81. The van der Waals surface area contributed by atoms with Crippen LogP contribution in [0, 0.1) is 11.8 Å². The Morgan fingerprint density at radius 1 is 1.29 bits per heavy atom. The average Bonchev–Trinajstić information content (AvgIpc) is 2.18. The molecule has 0 aromatic carbocycles. The molecule has 1 nitrogen and oxygen atoms in total. The first-order valence-electron chi connectivity index (χ1n) is 6.26. The predicted octanol–water partition coefficient (Wildman–Crippen LogP) is 3.96. The van der Waals surface area contributed by atoms with Gasteiger partial charge >= 0.3 is 0 Å². The van der Waals surface area contributed by atoms with Gasteiger partial charge in [0.1, 0.15) is 5.78 Å². The average molecular weight is 196 g/mol. The van der Waals surface area contributed by atoms with Crippen molar-refractivity contribution >= 4 is 5.78 Å². The van der Waals surface area contributed by atoms with E-state index in [9.17, 15) is 4.79 Å². The summed E-state index contributed by atoms with van der Waals surface area (Å²) in [6.45, 7) is 4.35. The SMILES string of the molecule is CCCCCCC1CCC(=O)C(C)C1. The van der Waals surface area contributed by atoms with E-state index in [1.54, 1.807) is 0 Å².